The summed E-state index contributed by atoms with van der Waals surface area (Å²) < 4.78 is 40.5. The number of rotatable bonds is 5. The summed E-state index contributed by atoms with van der Waals surface area (Å²) in [5.41, 5.74) is 1.30. The number of halogens is 3. The molecule has 2 aromatic rings. The summed E-state index contributed by atoms with van der Waals surface area (Å²) in [5.74, 6) is -2.93. The van der Waals surface area contributed by atoms with Crippen LogP contribution in [0.2, 0.25) is 0 Å². The summed E-state index contributed by atoms with van der Waals surface area (Å²) in [7, 11) is 0. The number of alkyl halides is 2. The molecule has 29 heavy (non-hydrogen) atoms. The number of aliphatic carboxylic acids is 1. The summed E-state index contributed by atoms with van der Waals surface area (Å²) in [4.78, 5) is 21.3. The molecule has 2 heterocycles. The first kappa shape index (κ1) is 20.2. The maximum absolute atomic E-state index is 13.5. The fourth-order valence-electron chi connectivity index (χ4n) is 4.93. The molecule has 0 spiro atoms. The van der Waals surface area contributed by atoms with E-state index in [1.54, 1.807) is 6.07 Å². The summed E-state index contributed by atoms with van der Waals surface area (Å²) in [6.45, 7) is 1.43. The van der Waals surface area contributed by atoms with Crippen LogP contribution in [0.25, 0.3) is 11.0 Å². The second-order valence-electron chi connectivity index (χ2n) is 8.54. The van der Waals surface area contributed by atoms with E-state index in [1.807, 2.05) is 0 Å². The van der Waals surface area contributed by atoms with Gasteiger partial charge >= 0.3 is 5.97 Å². The number of imidazole rings is 1. The van der Waals surface area contributed by atoms with E-state index in [-0.39, 0.29) is 43.0 Å². The van der Waals surface area contributed by atoms with Gasteiger partial charge in [-0.2, -0.15) is 0 Å². The highest BCUT2D eigenvalue weighted by Crippen LogP contribution is 2.38. The quantitative estimate of drug-likeness (QED) is 0.775. The minimum absolute atomic E-state index is 0.0127. The number of aromatic amines is 1. The van der Waals surface area contributed by atoms with Gasteiger partial charge in [-0.15, -0.1) is 0 Å². The van der Waals surface area contributed by atoms with E-state index in [1.165, 1.54) is 12.1 Å². The van der Waals surface area contributed by atoms with Gasteiger partial charge in [-0.1, -0.05) is 0 Å². The Morgan fingerprint density at radius 3 is 2.72 bits per heavy atom. The van der Waals surface area contributed by atoms with Crippen LogP contribution < -0.4 is 0 Å². The van der Waals surface area contributed by atoms with Gasteiger partial charge in [0.05, 0.1) is 11.0 Å². The number of aromatic nitrogens is 2. The van der Waals surface area contributed by atoms with E-state index >= 15 is 0 Å². The van der Waals surface area contributed by atoms with Crippen molar-refractivity contribution in [3.05, 3.63) is 29.8 Å². The van der Waals surface area contributed by atoms with Crippen molar-refractivity contribution in [1.82, 2.24) is 14.9 Å². The monoisotopic (exact) mass is 409 g/mol. The van der Waals surface area contributed by atoms with Crippen molar-refractivity contribution in [3.8, 4) is 0 Å². The number of likely N-dealkylation sites (tertiary alicyclic amines) is 1. The molecule has 8 heteroatoms. The third kappa shape index (κ3) is 4.74. The number of piperidine rings is 1. The lowest BCUT2D eigenvalue weighted by atomic mass is 9.79. The smallest absolute Gasteiger partial charge is 0.303 e. The Balaban J connectivity index is 1.49. The Hall–Kier alpha value is -2.09. The number of fused-ring (bicyclic) bond motifs is 1. The topological polar surface area (TPSA) is 69.2 Å². The molecule has 1 aromatic heterocycles. The second-order valence-corrected chi connectivity index (χ2v) is 8.54. The van der Waals surface area contributed by atoms with Crippen LogP contribution in [0.1, 0.15) is 44.3 Å². The van der Waals surface area contributed by atoms with Crippen LogP contribution in [-0.4, -0.2) is 51.0 Å². The van der Waals surface area contributed by atoms with Gasteiger partial charge in [0.25, 0.3) is 0 Å². The lowest BCUT2D eigenvalue weighted by molar-refractivity contribution is -0.139. The highest BCUT2D eigenvalue weighted by atomic mass is 19.3. The van der Waals surface area contributed by atoms with Crippen molar-refractivity contribution < 1.29 is 23.1 Å². The van der Waals surface area contributed by atoms with E-state index in [0.717, 1.165) is 13.0 Å². The molecule has 2 unspecified atom stereocenters. The van der Waals surface area contributed by atoms with Crippen LogP contribution in [0.3, 0.4) is 0 Å². The van der Waals surface area contributed by atoms with Gasteiger partial charge in [0.15, 0.2) is 0 Å². The van der Waals surface area contributed by atoms with Crippen molar-refractivity contribution in [1.29, 1.82) is 0 Å². The predicted molar refractivity (Wildman–Crippen MR) is 102 cm³/mol. The number of carbonyl (C=O) groups is 1. The number of nitrogens with zero attached hydrogens (tertiary/aromatic N) is 2. The number of benzene rings is 1. The summed E-state index contributed by atoms with van der Waals surface area (Å²) >= 11 is 0. The maximum atomic E-state index is 13.5. The second kappa shape index (κ2) is 7.97. The van der Waals surface area contributed by atoms with E-state index in [4.69, 9.17) is 0 Å². The van der Waals surface area contributed by atoms with Gasteiger partial charge in [-0.25, -0.2) is 18.2 Å². The largest absolute Gasteiger partial charge is 0.481 e. The molecular weight excluding hydrogens is 383 g/mol. The van der Waals surface area contributed by atoms with E-state index in [2.05, 4.69) is 14.9 Å². The Bertz CT molecular complexity index is 875. The third-order valence-electron chi connectivity index (χ3n) is 6.51. The molecule has 1 aliphatic heterocycles. The lowest BCUT2D eigenvalue weighted by Gasteiger charge is -2.44. The number of carboxylic acid groups (broad SMARTS) is 1. The zero-order valence-electron chi connectivity index (χ0n) is 16.2. The van der Waals surface area contributed by atoms with Gasteiger partial charge in [0.2, 0.25) is 5.92 Å². The van der Waals surface area contributed by atoms with Gasteiger partial charge in [0.1, 0.15) is 11.6 Å². The van der Waals surface area contributed by atoms with Gasteiger partial charge in [0, 0.05) is 38.3 Å². The number of hydrogen-bond acceptors (Lipinski definition) is 3. The zero-order valence-corrected chi connectivity index (χ0v) is 16.2. The minimum Gasteiger partial charge on any atom is -0.481 e. The number of carboxylic acids is 1. The molecule has 1 aromatic carbocycles. The standard InChI is InChI=1S/C21H26F3N3O2/c22-15-1-2-17-18(11-15)26-19(25-17)9-14-12-27(8-5-13(14)10-20(28)29)16-3-6-21(23,24)7-4-16/h1-2,11,13-14,16H,3-10,12H2,(H,25,26)(H,28,29). The molecule has 1 aliphatic carbocycles. The molecule has 0 bridgehead atoms. The van der Waals surface area contributed by atoms with Crippen LogP contribution in [-0.2, 0) is 11.2 Å². The van der Waals surface area contributed by atoms with Crippen molar-refractivity contribution in [3.63, 3.8) is 0 Å². The van der Waals surface area contributed by atoms with Crippen LogP contribution in [0, 0.1) is 17.7 Å². The molecule has 2 N–H and O–H groups in total. The van der Waals surface area contributed by atoms with Crippen molar-refractivity contribution in [2.24, 2.45) is 11.8 Å². The normalized spacial score (nSPS) is 26.0. The Morgan fingerprint density at radius 1 is 1.24 bits per heavy atom. The minimum atomic E-state index is -2.55. The molecule has 2 aliphatic rings. The van der Waals surface area contributed by atoms with E-state index < -0.39 is 11.9 Å². The van der Waals surface area contributed by atoms with Crippen LogP contribution in [0.5, 0.6) is 0 Å². The Labute approximate surface area is 167 Å². The van der Waals surface area contributed by atoms with Crippen molar-refractivity contribution >= 4 is 17.0 Å². The molecule has 2 fully saturated rings. The molecule has 2 atom stereocenters. The van der Waals surface area contributed by atoms with Crippen LogP contribution >= 0.6 is 0 Å². The molecule has 5 nitrogen and oxygen atoms in total. The fraction of sp³-hybridized carbons (Fsp3) is 0.619. The lowest BCUT2D eigenvalue weighted by Crippen LogP contribution is -2.49. The molecule has 4 rings (SSSR count). The summed E-state index contributed by atoms with van der Waals surface area (Å²) in [6, 6.07) is 4.51. The summed E-state index contributed by atoms with van der Waals surface area (Å²) in [6.07, 6.45) is 2.20. The molecular formula is C21H26F3N3O2. The number of H-pyrrole nitrogens is 1. The highest BCUT2D eigenvalue weighted by molar-refractivity contribution is 5.74. The Kier molecular flexibility index (Phi) is 5.55. The van der Waals surface area contributed by atoms with E-state index in [9.17, 15) is 23.1 Å². The highest BCUT2D eigenvalue weighted by Gasteiger charge is 2.40. The van der Waals surface area contributed by atoms with E-state index in [0.29, 0.717) is 42.7 Å². The molecule has 1 saturated heterocycles. The van der Waals surface area contributed by atoms with Crippen molar-refractivity contribution in [2.75, 3.05) is 13.1 Å². The Morgan fingerprint density at radius 2 is 2.00 bits per heavy atom. The first-order chi connectivity index (χ1) is 13.8. The van der Waals surface area contributed by atoms with Gasteiger partial charge in [-0.3, -0.25) is 4.79 Å². The van der Waals surface area contributed by atoms with Gasteiger partial charge in [-0.05, 0) is 55.8 Å². The number of nitrogens with one attached hydrogen (secondary N) is 1. The first-order valence-corrected chi connectivity index (χ1v) is 10.3. The fourth-order valence-corrected chi connectivity index (χ4v) is 4.93. The molecule has 158 valence electrons. The summed E-state index contributed by atoms with van der Waals surface area (Å²) in [5, 5.41) is 9.30. The molecule has 0 radical (unpaired) electrons. The molecule has 0 amide bonds. The third-order valence-corrected chi connectivity index (χ3v) is 6.51. The zero-order chi connectivity index (χ0) is 20.6. The van der Waals surface area contributed by atoms with Crippen LogP contribution in [0.4, 0.5) is 13.2 Å². The van der Waals surface area contributed by atoms with Gasteiger partial charge < -0.3 is 15.0 Å². The average Bonchev–Trinajstić information content (AvgIpc) is 3.04. The van der Waals surface area contributed by atoms with Crippen LogP contribution in [0.15, 0.2) is 18.2 Å². The predicted octanol–water partition coefficient (Wildman–Crippen LogP) is 4.24. The molecule has 1 saturated carbocycles. The van der Waals surface area contributed by atoms with Crippen molar-refractivity contribution in [2.45, 2.75) is 56.9 Å². The number of hydrogen-bond donors (Lipinski definition) is 2. The SMILES string of the molecule is O=C(O)CC1CCN(C2CCC(F)(F)CC2)CC1Cc1nc2ccc(F)cc2[nH]1. The average molecular weight is 409 g/mol. The first-order valence-electron chi connectivity index (χ1n) is 10.3. The maximum Gasteiger partial charge on any atom is 0.303 e.